The first-order valence-electron chi connectivity index (χ1n) is 9.77. The van der Waals surface area contributed by atoms with Crippen molar-refractivity contribution >= 4 is 41.5 Å². The van der Waals surface area contributed by atoms with Gasteiger partial charge in [0, 0.05) is 30.1 Å². The maximum Gasteiger partial charge on any atom is 0.228 e. The van der Waals surface area contributed by atoms with Gasteiger partial charge in [-0.3, -0.25) is 0 Å². The van der Waals surface area contributed by atoms with Crippen molar-refractivity contribution in [3.8, 4) is 11.4 Å². The van der Waals surface area contributed by atoms with Crippen LogP contribution in [0.2, 0.25) is 5.02 Å². The molecule has 3 rings (SSSR count). The molecule has 2 aromatic heterocycles. The molecule has 10 heteroatoms. The Morgan fingerprint density at radius 3 is 2.74 bits per heavy atom. The quantitative estimate of drug-likeness (QED) is 0.218. The smallest absolute Gasteiger partial charge is 0.228 e. The van der Waals surface area contributed by atoms with E-state index >= 15 is 0 Å². The number of hydrogen-bond donors (Lipinski definition) is 3. The number of aliphatic hydroxyl groups is 1. The maximum atomic E-state index is 10.7. The molecule has 0 radical (unpaired) electrons. The Morgan fingerprint density at radius 1 is 1.26 bits per heavy atom. The summed E-state index contributed by atoms with van der Waals surface area (Å²) in [5.74, 6) is 2.81. The van der Waals surface area contributed by atoms with Crippen molar-refractivity contribution in [2.75, 3.05) is 19.6 Å². The van der Waals surface area contributed by atoms with Crippen LogP contribution in [0.1, 0.15) is 31.3 Å². The molecule has 3 aromatic rings. The topological polar surface area (TPSA) is 109 Å². The van der Waals surface area contributed by atoms with Crippen molar-refractivity contribution < 1.29 is 14.0 Å². The van der Waals surface area contributed by atoms with Crippen molar-refractivity contribution in [1.29, 1.82) is 0 Å². The van der Waals surface area contributed by atoms with E-state index in [4.69, 9.17) is 20.5 Å². The summed E-state index contributed by atoms with van der Waals surface area (Å²) >= 11 is 6.01. The minimum atomic E-state index is -1.20. The van der Waals surface area contributed by atoms with Gasteiger partial charge < -0.3 is 24.7 Å². The summed E-state index contributed by atoms with van der Waals surface area (Å²) in [6, 6.07) is 10.9. The lowest BCUT2D eigenvalue weighted by atomic mass is 10.0. The predicted octanol–water partition coefficient (Wildman–Crippen LogP) is 3.91. The van der Waals surface area contributed by atoms with Gasteiger partial charge >= 0.3 is 0 Å². The first-order valence-corrected chi connectivity index (χ1v) is 10.1. The molecule has 0 amide bonds. The number of nitrogens with zero attached hydrogens (tertiary/aromatic N) is 3. The summed E-state index contributed by atoms with van der Waals surface area (Å²) in [6.45, 7) is 6.85. The van der Waals surface area contributed by atoms with E-state index in [9.17, 15) is 5.11 Å². The molecule has 1 aromatic carbocycles. The molecule has 31 heavy (non-hydrogen) atoms. The van der Waals surface area contributed by atoms with Crippen LogP contribution in [0.15, 0.2) is 50.3 Å². The fraction of sp³-hybridized carbons (Fsp3) is 0.381. The molecule has 0 saturated carbocycles. The molecule has 3 N–H and O–H groups in total. The van der Waals surface area contributed by atoms with Crippen LogP contribution in [-0.4, -0.2) is 40.8 Å². The molecule has 0 aliphatic rings. The zero-order chi connectivity index (χ0) is 21.6. The molecule has 0 bridgehead atoms. The molecule has 168 valence electrons. The van der Waals surface area contributed by atoms with Gasteiger partial charge in [-0.25, -0.2) is 4.99 Å². The fourth-order valence-corrected chi connectivity index (χ4v) is 2.96. The van der Waals surface area contributed by atoms with Crippen LogP contribution in [0.3, 0.4) is 0 Å². The van der Waals surface area contributed by atoms with E-state index in [2.05, 4.69) is 25.8 Å². The molecule has 1 unspecified atom stereocenters. The van der Waals surface area contributed by atoms with Crippen molar-refractivity contribution in [2.45, 2.75) is 32.8 Å². The first kappa shape index (κ1) is 25.2. The van der Waals surface area contributed by atoms with Crippen molar-refractivity contribution in [3.05, 3.63) is 58.8 Å². The molecule has 0 aliphatic heterocycles. The normalized spacial score (nSPS) is 13.4. The molecular formula is C21H27ClIN5O3. The van der Waals surface area contributed by atoms with Crippen LogP contribution in [0.25, 0.3) is 11.4 Å². The second-order valence-corrected chi connectivity index (χ2v) is 7.51. The number of aliphatic imine (C=N–C) groups is 1. The van der Waals surface area contributed by atoms with Gasteiger partial charge in [0.15, 0.2) is 5.96 Å². The average Bonchev–Trinajstić information content (AvgIpc) is 3.36. The number of rotatable bonds is 8. The molecule has 0 fully saturated rings. The van der Waals surface area contributed by atoms with Gasteiger partial charge in [-0.15, -0.1) is 24.0 Å². The summed E-state index contributed by atoms with van der Waals surface area (Å²) in [4.78, 5) is 8.87. The zero-order valence-corrected chi connectivity index (χ0v) is 20.8. The van der Waals surface area contributed by atoms with Crippen LogP contribution in [-0.2, 0) is 12.0 Å². The highest BCUT2D eigenvalue weighted by molar-refractivity contribution is 14.0. The number of hydrogen-bond acceptors (Lipinski definition) is 6. The van der Waals surface area contributed by atoms with Crippen LogP contribution in [0.5, 0.6) is 0 Å². The summed E-state index contributed by atoms with van der Waals surface area (Å²) in [6.07, 6.45) is 0.520. The van der Waals surface area contributed by atoms with Gasteiger partial charge in [-0.2, -0.15) is 4.98 Å². The number of benzene rings is 1. The molecular weight excluding hydrogens is 533 g/mol. The number of furan rings is 1. The van der Waals surface area contributed by atoms with Crippen molar-refractivity contribution in [3.63, 3.8) is 0 Å². The van der Waals surface area contributed by atoms with Gasteiger partial charge in [0.25, 0.3) is 0 Å². The Hall–Kier alpha value is -2.11. The standard InChI is InChI=1S/C21H26ClN5O3.HI/c1-4-23-20(25-13-21(3,28)17-9-8-14(2)29-17)24-11-10-18-26-19(27-30-18)15-6-5-7-16(22)12-15;/h5-9,12,28H,4,10-11,13H2,1-3H3,(H2,23,24,25);1H. The minimum Gasteiger partial charge on any atom is -0.463 e. The SMILES string of the molecule is CCNC(=NCC(C)(O)c1ccc(C)o1)NCCc1nc(-c2cccc(Cl)c2)no1.I. The predicted molar refractivity (Wildman–Crippen MR) is 131 cm³/mol. The van der Waals surface area contributed by atoms with Gasteiger partial charge in [-0.1, -0.05) is 28.9 Å². The molecule has 1 atom stereocenters. The van der Waals surface area contributed by atoms with Crippen LogP contribution >= 0.6 is 35.6 Å². The first-order chi connectivity index (χ1) is 14.4. The monoisotopic (exact) mass is 559 g/mol. The molecule has 0 saturated heterocycles. The minimum absolute atomic E-state index is 0. The lowest BCUT2D eigenvalue weighted by Gasteiger charge is -2.19. The highest BCUT2D eigenvalue weighted by Gasteiger charge is 2.26. The Balaban J connectivity index is 0.00000341. The van der Waals surface area contributed by atoms with Gasteiger partial charge in [0.05, 0.1) is 6.54 Å². The van der Waals surface area contributed by atoms with E-state index in [-0.39, 0.29) is 30.5 Å². The highest BCUT2D eigenvalue weighted by atomic mass is 127. The Bertz CT molecular complexity index is 1000. The van der Waals surface area contributed by atoms with Crippen molar-refractivity contribution in [2.24, 2.45) is 4.99 Å². The lowest BCUT2D eigenvalue weighted by Crippen LogP contribution is -2.39. The van der Waals surface area contributed by atoms with E-state index < -0.39 is 5.60 Å². The van der Waals surface area contributed by atoms with Crippen LogP contribution in [0, 0.1) is 6.92 Å². The van der Waals surface area contributed by atoms with Crippen LogP contribution in [0.4, 0.5) is 0 Å². The third-order valence-corrected chi connectivity index (χ3v) is 4.58. The molecule has 2 heterocycles. The van der Waals surface area contributed by atoms with E-state index in [1.54, 1.807) is 25.1 Å². The highest BCUT2D eigenvalue weighted by Crippen LogP contribution is 2.23. The van der Waals surface area contributed by atoms with E-state index in [0.717, 1.165) is 11.3 Å². The zero-order valence-electron chi connectivity index (χ0n) is 17.7. The number of aromatic nitrogens is 2. The maximum absolute atomic E-state index is 10.7. The van der Waals surface area contributed by atoms with Gasteiger partial charge in [0.2, 0.25) is 11.7 Å². The van der Waals surface area contributed by atoms with Crippen molar-refractivity contribution in [1.82, 2.24) is 20.8 Å². The van der Waals surface area contributed by atoms with E-state index in [0.29, 0.717) is 48.0 Å². The third-order valence-electron chi connectivity index (χ3n) is 4.34. The number of nitrogens with one attached hydrogen (secondary N) is 2. The Morgan fingerprint density at radius 2 is 2.06 bits per heavy atom. The molecule has 8 nitrogen and oxygen atoms in total. The summed E-state index contributed by atoms with van der Waals surface area (Å²) < 4.78 is 10.8. The Kier molecular flexibility index (Phi) is 9.32. The summed E-state index contributed by atoms with van der Waals surface area (Å²) in [5, 5.41) is 21.6. The number of halogens is 2. The van der Waals surface area contributed by atoms with E-state index in [1.807, 2.05) is 32.0 Å². The Labute approximate surface area is 203 Å². The molecule has 0 spiro atoms. The largest absolute Gasteiger partial charge is 0.463 e. The molecule has 0 aliphatic carbocycles. The number of guanidine groups is 1. The van der Waals surface area contributed by atoms with E-state index in [1.165, 1.54) is 0 Å². The fourth-order valence-electron chi connectivity index (χ4n) is 2.77. The average molecular weight is 560 g/mol. The second kappa shape index (κ2) is 11.5. The lowest BCUT2D eigenvalue weighted by molar-refractivity contribution is 0.0428. The summed E-state index contributed by atoms with van der Waals surface area (Å²) in [5.41, 5.74) is -0.398. The second-order valence-electron chi connectivity index (χ2n) is 7.08. The third kappa shape index (κ3) is 7.22. The van der Waals surface area contributed by atoms with Gasteiger partial charge in [0.1, 0.15) is 17.1 Å². The number of aryl methyl sites for hydroxylation is 1. The van der Waals surface area contributed by atoms with Gasteiger partial charge in [-0.05, 0) is 45.0 Å². The summed E-state index contributed by atoms with van der Waals surface area (Å²) in [7, 11) is 0. The van der Waals surface area contributed by atoms with Crippen LogP contribution < -0.4 is 10.6 Å².